The molecular weight excluding hydrogens is 283 g/mol. The van der Waals surface area contributed by atoms with Crippen LogP contribution in [0.3, 0.4) is 0 Å². The minimum Gasteiger partial charge on any atom is -0.381 e. The maximum atomic E-state index is 13.1. The molecule has 5 heteroatoms. The van der Waals surface area contributed by atoms with Crippen molar-refractivity contribution < 1.29 is 13.9 Å². The Labute approximate surface area is 130 Å². The molecule has 1 heterocycles. The van der Waals surface area contributed by atoms with E-state index in [1.54, 1.807) is 13.2 Å². The number of ether oxygens (including phenoxy) is 1. The number of amides is 2. The zero-order chi connectivity index (χ0) is 15.5. The van der Waals surface area contributed by atoms with E-state index in [0.717, 1.165) is 31.5 Å². The zero-order valence-electron chi connectivity index (χ0n) is 12.9. The second-order valence-electron chi connectivity index (χ2n) is 6.31. The summed E-state index contributed by atoms with van der Waals surface area (Å²) in [7, 11) is 1.77. The highest BCUT2D eigenvalue weighted by Gasteiger charge is 2.43. The summed E-state index contributed by atoms with van der Waals surface area (Å²) >= 11 is 0. The molecule has 22 heavy (non-hydrogen) atoms. The van der Waals surface area contributed by atoms with E-state index in [1.807, 2.05) is 11.0 Å². The summed E-state index contributed by atoms with van der Waals surface area (Å²) in [5, 5.41) is 2.95. The van der Waals surface area contributed by atoms with Crippen LogP contribution in [0.4, 0.5) is 9.18 Å². The maximum Gasteiger partial charge on any atom is 0.317 e. The lowest BCUT2D eigenvalue weighted by Gasteiger charge is -2.37. The summed E-state index contributed by atoms with van der Waals surface area (Å²) in [5.74, 6) is 0.706. The van der Waals surface area contributed by atoms with Crippen LogP contribution in [0, 0.1) is 17.7 Å². The van der Waals surface area contributed by atoms with Crippen molar-refractivity contribution in [2.45, 2.75) is 25.4 Å². The number of nitrogens with zero attached hydrogens (tertiary/aromatic N) is 1. The molecule has 0 spiro atoms. The van der Waals surface area contributed by atoms with Gasteiger partial charge in [-0.2, -0.15) is 0 Å². The summed E-state index contributed by atoms with van der Waals surface area (Å²) in [6, 6.07) is 6.50. The molecule has 0 aromatic heterocycles. The van der Waals surface area contributed by atoms with Crippen molar-refractivity contribution in [2.75, 3.05) is 26.7 Å². The van der Waals surface area contributed by atoms with E-state index >= 15 is 0 Å². The smallest absolute Gasteiger partial charge is 0.317 e. The number of halogens is 1. The number of hydrogen-bond donors (Lipinski definition) is 1. The standard InChI is InChI=1S/C17H23FN2O2/c1-22-16-13-5-6-14(16)11-20(10-13)17(21)19-8-7-12-3-2-4-15(18)9-12/h2-4,9,13-14,16H,5-8,10-11H2,1H3,(H,19,21)/t13-,14+,16?. The second-order valence-corrected chi connectivity index (χ2v) is 6.31. The SMILES string of the molecule is COC1[C@@H]2CC[C@H]1CN(C(=O)NCCc1cccc(F)c1)C2. The minimum absolute atomic E-state index is 0.0112. The largest absolute Gasteiger partial charge is 0.381 e. The van der Waals surface area contributed by atoms with E-state index in [9.17, 15) is 9.18 Å². The Morgan fingerprint density at radius 1 is 1.36 bits per heavy atom. The summed E-state index contributed by atoms with van der Waals surface area (Å²) in [5.41, 5.74) is 0.901. The summed E-state index contributed by atoms with van der Waals surface area (Å²) < 4.78 is 18.7. The molecule has 2 aliphatic rings. The van der Waals surface area contributed by atoms with E-state index in [-0.39, 0.29) is 11.8 Å². The first-order valence-electron chi connectivity index (χ1n) is 7.97. The Morgan fingerprint density at radius 3 is 2.73 bits per heavy atom. The van der Waals surface area contributed by atoms with E-state index < -0.39 is 0 Å². The molecule has 2 fully saturated rings. The van der Waals surface area contributed by atoms with Gasteiger partial charge in [-0.25, -0.2) is 9.18 Å². The molecule has 0 radical (unpaired) electrons. The van der Waals surface area contributed by atoms with Gasteiger partial charge >= 0.3 is 6.03 Å². The number of urea groups is 1. The molecule has 1 aliphatic heterocycles. The van der Waals surface area contributed by atoms with E-state index in [1.165, 1.54) is 12.1 Å². The topological polar surface area (TPSA) is 41.6 Å². The van der Waals surface area contributed by atoms with Crippen molar-refractivity contribution in [1.82, 2.24) is 10.2 Å². The van der Waals surface area contributed by atoms with Gasteiger partial charge in [0.05, 0.1) is 6.10 Å². The van der Waals surface area contributed by atoms with Gasteiger partial charge in [-0.3, -0.25) is 0 Å². The molecule has 1 N–H and O–H groups in total. The third-order valence-electron chi connectivity index (χ3n) is 4.89. The van der Waals surface area contributed by atoms with Crippen molar-refractivity contribution in [1.29, 1.82) is 0 Å². The molecule has 2 amide bonds. The van der Waals surface area contributed by atoms with Crippen LogP contribution in [0.2, 0.25) is 0 Å². The maximum absolute atomic E-state index is 13.1. The third-order valence-corrected chi connectivity index (χ3v) is 4.89. The Kier molecular flexibility index (Phi) is 4.62. The monoisotopic (exact) mass is 306 g/mol. The lowest BCUT2D eigenvalue weighted by Crippen LogP contribution is -2.51. The van der Waals surface area contributed by atoms with Crippen molar-refractivity contribution in [3.05, 3.63) is 35.6 Å². The molecule has 120 valence electrons. The van der Waals surface area contributed by atoms with Crippen LogP contribution in [-0.2, 0) is 11.2 Å². The van der Waals surface area contributed by atoms with Crippen LogP contribution in [0.25, 0.3) is 0 Å². The first kappa shape index (κ1) is 15.3. The van der Waals surface area contributed by atoms with Crippen molar-refractivity contribution in [3.63, 3.8) is 0 Å². The second kappa shape index (κ2) is 6.65. The molecule has 1 aliphatic carbocycles. The number of carbonyl (C=O) groups is 1. The molecule has 2 bridgehead atoms. The molecule has 1 aromatic carbocycles. The summed E-state index contributed by atoms with van der Waals surface area (Å²) in [6.45, 7) is 2.09. The van der Waals surface area contributed by atoms with E-state index in [4.69, 9.17) is 4.74 Å². The molecule has 3 atom stereocenters. The summed E-state index contributed by atoms with van der Waals surface area (Å²) in [6.07, 6.45) is 3.26. The van der Waals surface area contributed by atoms with Gasteiger partial charge in [-0.1, -0.05) is 12.1 Å². The predicted molar refractivity (Wildman–Crippen MR) is 82.1 cm³/mol. The first-order chi connectivity index (χ1) is 10.7. The molecule has 1 saturated heterocycles. The highest BCUT2D eigenvalue weighted by atomic mass is 19.1. The predicted octanol–water partition coefficient (Wildman–Crippen LogP) is 2.43. The molecule has 3 rings (SSSR count). The van der Waals surface area contributed by atoms with Crippen LogP contribution < -0.4 is 5.32 Å². The highest BCUT2D eigenvalue weighted by molar-refractivity contribution is 5.74. The third kappa shape index (κ3) is 3.24. The van der Waals surface area contributed by atoms with Crippen LogP contribution in [0.5, 0.6) is 0 Å². The highest BCUT2D eigenvalue weighted by Crippen LogP contribution is 2.38. The number of piperidine rings is 1. The van der Waals surface area contributed by atoms with Gasteiger partial charge in [0.1, 0.15) is 5.82 Å². The van der Waals surface area contributed by atoms with Gasteiger partial charge in [0.2, 0.25) is 0 Å². The van der Waals surface area contributed by atoms with Gasteiger partial charge < -0.3 is 15.0 Å². The number of carbonyl (C=O) groups excluding carboxylic acids is 1. The van der Waals surface area contributed by atoms with E-state index in [2.05, 4.69) is 5.32 Å². The number of hydrogen-bond acceptors (Lipinski definition) is 2. The average Bonchev–Trinajstić information content (AvgIpc) is 2.75. The molecule has 4 nitrogen and oxygen atoms in total. The first-order valence-corrected chi connectivity index (χ1v) is 7.97. The number of methoxy groups -OCH3 is 1. The average molecular weight is 306 g/mol. The van der Waals surface area contributed by atoms with Crippen LogP contribution in [0.1, 0.15) is 18.4 Å². The number of nitrogens with one attached hydrogen (secondary N) is 1. The van der Waals surface area contributed by atoms with Gasteiger partial charge in [-0.15, -0.1) is 0 Å². The number of benzene rings is 1. The number of likely N-dealkylation sites (tertiary alicyclic amines) is 1. The van der Waals surface area contributed by atoms with Crippen molar-refractivity contribution in [2.24, 2.45) is 11.8 Å². The van der Waals surface area contributed by atoms with Crippen molar-refractivity contribution in [3.8, 4) is 0 Å². The fourth-order valence-electron chi connectivity index (χ4n) is 3.84. The fraction of sp³-hybridized carbons (Fsp3) is 0.588. The van der Waals surface area contributed by atoms with Gasteiger partial charge in [0, 0.05) is 38.6 Å². The Balaban J connectivity index is 1.47. The molecule has 1 aromatic rings. The Bertz CT molecular complexity index is 523. The van der Waals surface area contributed by atoms with Gasteiger partial charge in [-0.05, 0) is 37.0 Å². The minimum atomic E-state index is -0.234. The van der Waals surface area contributed by atoms with Crippen molar-refractivity contribution >= 4 is 6.03 Å². The lowest BCUT2D eigenvalue weighted by molar-refractivity contribution is -0.00503. The number of fused-ring (bicyclic) bond motifs is 2. The molecular formula is C17H23FN2O2. The normalized spacial score (nSPS) is 27.0. The van der Waals surface area contributed by atoms with Gasteiger partial charge in [0.15, 0.2) is 0 Å². The Morgan fingerprint density at radius 2 is 2.09 bits per heavy atom. The van der Waals surface area contributed by atoms with Crippen LogP contribution in [0.15, 0.2) is 24.3 Å². The van der Waals surface area contributed by atoms with Crippen LogP contribution in [-0.4, -0.2) is 43.8 Å². The fourth-order valence-corrected chi connectivity index (χ4v) is 3.84. The molecule has 1 saturated carbocycles. The van der Waals surface area contributed by atoms with Crippen LogP contribution >= 0.6 is 0 Å². The zero-order valence-corrected chi connectivity index (χ0v) is 12.9. The summed E-state index contributed by atoms with van der Waals surface area (Å²) in [4.78, 5) is 14.2. The quantitative estimate of drug-likeness (QED) is 0.928. The molecule has 1 unspecified atom stereocenters. The van der Waals surface area contributed by atoms with E-state index in [0.29, 0.717) is 30.9 Å². The Hall–Kier alpha value is -1.62. The van der Waals surface area contributed by atoms with Gasteiger partial charge in [0.25, 0.3) is 0 Å². The lowest BCUT2D eigenvalue weighted by atomic mass is 9.95. The number of rotatable bonds is 4.